The molecular formula is C29H25F2N5O3. The molecule has 198 valence electrons. The topological polar surface area (TPSA) is 91.9 Å². The molecule has 0 saturated carbocycles. The van der Waals surface area contributed by atoms with Crippen LogP contribution in [0.1, 0.15) is 30.7 Å². The van der Waals surface area contributed by atoms with Crippen LogP contribution in [0.25, 0.3) is 27.8 Å². The first-order valence-corrected chi connectivity index (χ1v) is 12.4. The molecule has 0 radical (unpaired) electrons. The summed E-state index contributed by atoms with van der Waals surface area (Å²) in [6.45, 7) is 0.428. The second kappa shape index (κ2) is 11.3. The van der Waals surface area contributed by atoms with Gasteiger partial charge in [0.2, 0.25) is 0 Å². The maximum Gasteiger partial charge on any atom is 0.305 e. The van der Waals surface area contributed by atoms with Gasteiger partial charge in [-0.1, -0.05) is 23.4 Å². The third-order valence-corrected chi connectivity index (χ3v) is 6.37. The lowest BCUT2D eigenvalue weighted by molar-refractivity contribution is -0.140. The van der Waals surface area contributed by atoms with Gasteiger partial charge in [0.1, 0.15) is 23.2 Å². The summed E-state index contributed by atoms with van der Waals surface area (Å²) in [5.41, 5.74) is 2.94. The molecule has 0 atom stereocenters. The van der Waals surface area contributed by atoms with Crippen LogP contribution in [0.4, 0.5) is 8.78 Å². The number of unbranched alkanes of at least 4 members (excludes halogenated alkanes) is 1. The van der Waals surface area contributed by atoms with Gasteiger partial charge in [-0.25, -0.2) is 18.4 Å². The summed E-state index contributed by atoms with van der Waals surface area (Å²) in [5.74, 6) is -0.504. The van der Waals surface area contributed by atoms with E-state index in [1.807, 2.05) is 0 Å². The number of aromatic nitrogens is 5. The average molecular weight is 530 g/mol. The number of benzene rings is 3. The van der Waals surface area contributed by atoms with Crippen LogP contribution in [-0.2, 0) is 22.5 Å². The zero-order valence-corrected chi connectivity index (χ0v) is 21.2. The number of hydrogen-bond donors (Lipinski definition) is 0. The number of fused-ring (bicyclic) bond motifs is 1. The average Bonchev–Trinajstić information content (AvgIpc) is 3.41. The Labute approximate surface area is 222 Å². The van der Waals surface area contributed by atoms with E-state index in [-0.39, 0.29) is 23.8 Å². The summed E-state index contributed by atoms with van der Waals surface area (Å²) in [6.07, 6.45) is 3.64. The van der Waals surface area contributed by atoms with Gasteiger partial charge < -0.3 is 4.74 Å². The van der Waals surface area contributed by atoms with Crippen molar-refractivity contribution in [3.05, 3.63) is 106 Å². The molecule has 0 unspecified atom stereocenters. The number of rotatable bonds is 9. The molecule has 0 spiro atoms. The van der Waals surface area contributed by atoms with Crippen molar-refractivity contribution in [2.45, 2.75) is 32.2 Å². The van der Waals surface area contributed by atoms with Crippen molar-refractivity contribution >= 4 is 16.9 Å². The van der Waals surface area contributed by atoms with Crippen molar-refractivity contribution in [2.75, 3.05) is 7.11 Å². The zero-order valence-electron chi connectivity index (χ0n) is 21.2. The fraction of sp³-hybridized carbons (Fsp3) is 0.207. The number of halogens is 2. The van der Waals surface area contributed by atoms with Crippen LogP contribution in [-0.4, -0.2) is 37.6 Å². The molecule has 0 amide bonds. The summed E-state index contributed by atoms with van der Waals surface area (Å²) in [4.78, 5) is 29.9. The van der Waals surface area contributed by atoms with Crippen molar-refractivity contribution in [2.24, 2.45) is 0 Å². The summed E-state index contributed by atoms with van der Waals surface area (Å²) < 4.78 is 34.6. The highest BCUT2D eigenvalue weighted by Gasteiger charge is 2.15. The van der Waals surface area contributed by atoms with Crippen LogP contribution in [0.3, 0.4) is 0 Å². The van der Waals surface area contributed by atoms with Gasteiger partial charge in [0.15, 0.2) is 0 Å². The molecule has 10 heteroatoms. The smallest absolute Gasteiger partial charge is 0.305 e. The number of carbonyl (C=O) groups excluding carboxylic acids is 1. The Hall–Kier alpha value is -4.73. The third kappa shape index (κ3) is 5.90. The molecule has 5 rings (SSSR count). The van der Waals surface area contributed by atoms with Crippen molar-refractivity contribution in [3.8, 4) is 16.9 Å². The second-order valence-corrected chi connectivity index (χ2v) is 9.09. The van der Waals surface area contributed by atoms with E-state index in [2.05, 4.69) is 10.3 Å². The summed E-state index contributed by atoms with van der Waals surface area (Å²) in [7, 11) is 1.35. The van der Waals surface area contributed by atoms with Crippen molar-refractivity contribution in [1.82, 2.24) is 24.5 Å². The van der Waals surface area contributed by atoms with E-state index in [0.717, 1.165) is 11.1 Å². The Morgan fingerprint density at radius 1 is 0.949 bits per heavy atom. The fourth-order valence-electron chi connectivity index (χ4n) is 4.35. The van der Waals surface area contributed by atoms with Gasteiger partial charge in [-0.05, 0) is 66.9 Å². The Balaban J connectivity index is 1.48. The molecule has 5 aromatic rings. The predicted octanol–water partition coefficient (Wildman–Crippen LogP) is 4.86. The standard InChI is InChI=1S/C29H25F2N5O3/c1-39-28(37)5-3-2-4-27-32-25-16-20(26-18-35(34-33-26)17-19-6-9-21(30)10-7-19)8-15-24(25)29(38)36(27)23-13-11-22(31)12-14-23/h6-16,18H,2-5,17H2,1H3. The molecule has 39 heavy (non-hydrogen) atoms. The Morgan fingerprint density at radius 2 is 1.67 bits per heavy atom. The third-order valence-electron chi connectivity index (χ3n) is 6.37. The van der Waals surface area contributed by atoms with E-state index in [1.165, 1.54) is 48.1 Å². The van der Waals surface area contributed by atoms with Gasteiger partial charge in [0.05, 0.1) is 36.4 Å². The van der Waals surface area contributed by atoms with Gasteiger partial charge in [0, 0.05) is 18.4 Å². The summed E-state index contributed by atoms with van der Waals surface area (Å²) in [5, 5.41) is 8.84. The number of aryl methyl sites for hydroxylation is 1. The van der Waals surface area contributed by atoms with E-state index in [9.17, 15) is 18.4 Å². The molecule has 8 nitrogen and oxygen atoms in total. The highest BCUT2D eigenvalue weighted by Crippen LogP contribution is 2.22. The van der Waals surface area contributed by atoms with Crippen molar-refractivity contribution < 1.29 is 18.3 Å². The highest BCUT2D eigenvalue weighted by molar-refractivity contribution is 5.83. The minimum absolute atomic E-state index is 0.266. The highest BCUT2D eigenvalue weighted by atomic mass is 19.1. The molecule has 0 aliphatic rings. The van der Waals surface area contributed by atoms with Crippen LogP contribution in [0.5, 0.6) is 0 Å². The molecular weight excluding hydrogens is 504 g/mol. The van der Waals surface area contributed by atoms with Crippen LogP contribution >= 0.6 is 0 Å². The quantitative estimate of drug-likeness (QED) is 0.200. The minimum Gasteiger partial charge on any atom is -0.469 e. The minimum atomic E-state index is -0.405. The number of methoxy groups -OCH3 is 1. The Kier molecular flexibility index (Phi) is 7.53. The molecule has 0 N–H and O–H groups in total. The zero-order chi connectivity index (χ0) is 27.4. The Morgan fingerprint density at radius 3 is 2.38 bits per heavy atom. The van der Waals surface area contributed by atoms with E-state index in [0.29, 0.717) is 53.9 Å². The van der Waals surface area contributed by atoms with E-state index < -0.39 is 5.82 Å². The van der Waals surface area contributed by atoms with Crippen LogP contribution in [0.15, 0.2) is 77.7 Å². The Bertz CT molecular complexity index is 1680. The number of esters is 1. The maximum atomic E-state index is 13.6. The van der Waals surface area contributed by atoms with Crippen molar-refractivity contribution in [3.63, 3.8) is 0 Å². The lowest BCUT2D eigenvalue weighted by Gasteiger charge is -2.14. The monoisotopic (exact) mass is 529 g/mol. The molecule has 3 aromatic carbocycles. The van der Waals surface area contributed by atoms with Gasteiger partial charge in [-0.2, -0.15) is 0 Å². The van der Waals surface area contributed by atoms with Gasteiger partial charge in [-0.15, -0.1) is 5.10 Å². The first-order valence-electron chi connectivity index (χ1n) is 12.4. The summed E-state index contributed by atoms with van der Waals surface area (Å²) in [6, 6.07) is 17.1. The van der Waals surface area contributed by atoms with Crippen molar-refractivity contribution in [1.29, 1.82) is 0 Å². The summed E-state index contributed by atoms with van der Waals surface area (Å²) >= 11 is 0. The maximum absolute atomic E-state index is 13.6. The normalized spacial score (nSPS) is 11.2. The molecule has 0 aliphatic heterocycles. The first kappa shape index (κ1) is 25.9. The number of carbonyl (C=O) groups is 1. The van der Waals surface area contributed by atoms with Gasteiger partial charge in [-0.3, -0.25) is 14.2 Å². The molecule has 0 fully saturated rings. The molecule has 2 aromatic heterocycles. The lowest BCUT2D eigenvalue weighted by atomic mass is 10.1. The van der Waals surface area contributed by atoms with E-state index >= 15 is 0 Å². The molecule has 2 heterocycles. The molecule has 0 saturated heterocycles. The number of hydrogen-bond acceptors (Lipinski definition) is 6. The van der Waals surface area contributed by atoms with Crippen LogP contribution in [0, 0.1) is 11.6 Å². The fourth-order valence-corrected chi connectivity index (χ4v) is 4.35. The number of ether oxygens (including phenoxy) is 1. The lowest BCUT2D eigenvalue weighted by Crippen LogP contribution is -2.24. The molecule has 0 bridgehead atoms. The molecule has 0 aliphatic carbocycles. The largest absolute Gasteiger partial charge is 0.469 e. The van der Waals surface area contributed by atoms with Gasteiger partial charge >= 0.3 is 5.97 Å². The predicted molar refractivity (Wildman–Crippen MR) is 141 cm³/mol. The van der Waals surface area contributed by atoms with Gasteiger partial charge in [0.25, 0.3) is 5.56 Å². The first-order chi connectivity index (χ1) is 18.9. The van der Waals surface area contributed by atoms with Crippen LogP contribution < -0.4 is 5.56 Å². The van der Waals surface area contributed by atoms with Crippen LogP contribution in [0.2, 0.25) is 0 Å². The van der Waals surface area contributed by atoms with E-state index in [4.69, 9.17) is 9.72 Å². The SMILES string of the molecule is COC(=O)CCCCc1nc2cc(-c3cn(Cc4ccc(F)cc4)nn3)ccc2c(=O)n1-c1ccc(F)cc1. The van der Waals surface area contributed by atoms with E-state index in [1.54, 1.807) is 41.2 Å². The number of nitrogens with zero attached hydrogens (tertiary/aromatic N) is 5. The second-order valence-electron chi connectivity index (χ2n) is 9.09.